The average Bonchev–Trinajstić information content (AvgIpc) is 2.81. The number of pyridine rings is 1. The minimum Gasteiger partial charge on any atom is -0.481 e. The van der Waals surface area contributed by atoms with Gasteiger partial charge in [-0.15, -0.1) is 0 Å². The summed E-state index contributed by atoms with van der Waals surface area (Å²) in [5.41, 5.74) is -0.730. The van der Waals surface area contributed by atoms with Gasteiger partial charge in [0.05, 0.1) is 6.42 Å². The molecule has 1 saturated heterocycles. The van der Waals surface area contributed by atoms with Crippen molar-refractivity contribution in [1.82, 2.24) is 10.3 Å². The molecule has 3 atom stereocenters. The molecule has 1 fully saturated rings. The first-order valence-electron chi connectivity index (χ1n) is 6.45. The highest BCUT2D eigenvalue weighted by Crippen LogP contribution is 2.35. The maximum absolute atomic E-state index is 11.3. The van der Waals surface area contributed by atoms with Gasteiger partial charge in [0, 0.05) is 24.4 Å². The van der Waals surface area contributed by atoms with Gasteiger partial charge in [0.2, 0.25) is 5.56 Å². The van der Waals surface area contributed by atoms with Crippen LogP contribution in [-0.2, 0) is 9.59 Å². The van der Waals surface area contributed by atoms with Gasteiger partial charge in [0.1, 0.15) is 11.7 Å². The summed E-state index contributed by atoms with van der Waals surface area (Å²) in [5.74, 6) is -5.19. The van der Waals surface area contributed by atoms with E-state index in [0.29, 0.717) is 0 Å². The van der Waals surface area contributed by atoms with Crippen LogP contribution in [-0.4, -0.2) is 50.8 Å². The molecule has 118 valence electrons. The first-order chi connectivity index (χ1) is 10.3. The minimum absolute atomic E-state index is 0.112. The van der Waals surface area contributed by atoms with E-state index in [4.69, 9.17) is 10.2 Å². The average molecular weight is 310 g/mol. The number of nitrogens with one attached hydrogen (secondary N) is 2. The quantitative estimate of drug-likeness (QED) is 0.478. The third kappa shape index (κ3) is 2.98. The monoisotopic (exact) mass is 310 g/mol. The lowest BCUT2D eigenvalue weighted by Crippen LogP contribution is -2.36. The highest BCUT2D eigenvalue weighted by molar-refractivity contribution is 5.87. The summed E-state index contributed by atoms with van der Waals surface area (Å²) in [7, 11) is 0. The van der Waals surface area contributed by atoms with E-state index in [9.17, 15) is 24.3 Å². The predicted molar refractivity (Wildman–Crippen MR) is 71.9 cm³/mol. The van der Waals surface area contributed by atoms with Crippen LogP contribution in [0.25, 0.3) is 0 Å². The van der Waals surface area contributed by atoms with Gasteiger partial charge in [-0.1, -0.05) is 6.07 Å². The molecule has 0 aromatic carbocycles. The minimum atomic E-state index is -1.36. The highest BCUT2D eigenvalue weighted by Gasteiger charge is 2.43. The van der Waals surface area contributed by atoms with Gasteiger partial charge in [0.15, 0.2) is 0 Å². The van der Waals surface area contributed by atoms with Gasteiger partial charge >= 0.3 is 17.9 Å². The van der Waals surface area contributed by atoms with Crippen molar-refractivity contribution in [2.45, 2.75) is 18.4 Å². The van der Waals surface area contributed by atoms with E-state index in [2.05, 4.69) is 10.3 Å². The Morgan fingerprint density at radius 3 is 2.41 bits per heavy atom. The molecule has 1 aliphatic rings. The summed E-state index contributed by atoms with van der Waals surface area (Å²) in [4.78, 5) is 46.9. The summed E-state index contributed by atoms with van der Waals surface area (Å²) in [5, 5.41) is 30.0. The topological polar surface area (TPSA) is 157 Å². The van der Waals surface area contributed by atoms with Gasteiger partial charge in [-0.3, -0.25) is 14.4 Å². The molecule has 0 amide bonds. The van der Waals surface area contributed by atoms with E-state index in [1.165, 1.54) is 6.07 Å². The molecule has 22 heavy (non-hydrogen) atoms. The lowest BCUT2D eigenvalue weighted by molar-refractivity contribution is -0.142. The fourth-order valence-electron chi connectivity index (χ4n) is 2.83. The van der Waals surface area contributed by atoms with E-state index in [1.807, 2.05) is 0 Å². The summed E-state index contributed by atoms with van der Waals surface area (Å²) < 4.78 is 0. The van der Waals surface area contributed by atoms with E-state index in [1.54, 1.807) is 0 Å². The van der Waals surface area contributed by atoms with Crippen LogP contribution in [0.4, 0.5) is 0 Å². The lowest BCUT2D eigenvalue weighted by Gasteiger charge is -2.21. The lowest BCUT2D eigenvalue weighted by atomic mass is 9.82. The zero-order valence-electron chi connectivity index (χ0n) is 11.3. The fraction of sp³-hybridized carbons (Fsp3) is 0.385. The van der Waals surface area contributed by atoms with Crippen LogP contribution in [0.2, 0.25) is 0 Å². The van der Waals surface area contributed by atoms with Crippen molar-refractivity contribution in [3.05, 3.63) is 33.7 Å². The molecule has 3 unspecified atom stereocenters. The number of hydrogen-bond acceptors (Lipinski definition) is 5. The molecule has 9 nitrogen and oxygen atoms in total. The molecule has 1 aromatic heterocycles. The van der Waals surface area contributed by atoms with Crippen LogP contribution in [0, 0.1) is 5.92 Å². The van der Waals surface area contributed by atoms with Crippen LogP contribution < -0.4 is 10.9 Å². The molecule has 2 rings (SSSR count). The number of carboxylic acid groups (broad SMARTS) is 3. The molecule has 0 bridgehead atoms. The second-order valence-electron chi connectivity index (χ2n) is 5.05. The number of aliphatic carboxylic acids is 2. The van der Waals surface area contributed by atoms with E-state index in [-0.39, 0.29) is 17.8 Å². The zero-order chi connectivity index (χ0) is 16.4. The van der Waals surface area contributed by atoms with Crippen LogP contribution >= 0.6 is 0 Å². The molecule has 5 N–H and O–H groups in total. The number of carboxylic acids is 3. The number of aromatic carboxylic acids is 1. The molecular formula is C13H14N2O7. The Morgan fingerprint density at radius 1 is 1.18 bits per heavy atom. The molecule has 0 saturated carbocycles. The summed E-state index contributed by atoms with van der Waals surface area (Å²) in [6.07, 6.45) is -0.424. The largest absolute Gasteiger partial charge is 0.481 e. The number of hydrogen-bond donors (Lipinski definition) is 5. The fourth-order valence-corrected chi connectivity index (χ4v) is 2.83. The Balaban J connectivity index is 2.46. The summed E-state index contributed by atoms with van der Waals surface area (Å²) >= 11 is 0. The van der Waals surface area contributed by atoms with Gasteiger partial charge in [-0.2, -0.15) is 0 Å². The van der Waals surface area contributed by atoms with Gasteiger partial charge in [-0.05, 0) is 5.56 Å². The smallest absolute Gasteiger partial charge is 0.352 e. The third-order valence-electron chi connectivity index (χ3n) is 3.74. The molecular weight excluding hydrogens is 296 g/mol. The second kappa shape index (κ2) is 5.98. The number of aromatic amines is 1. The van der Waals surface area contributed by atoms with Gasteiger partial charge < -0.3 is 25.6 Å². The van der Waals surface area contributed by atoms with E-state index < -0.39 is 47.8 Å². The van der Waals surface area contributed by atoms with Crippen molar-refractivity contribution in [3.8, 4) is 0 Å². The molecule has 2 heterocycles. The number of H-pyrrole nitrogens is 1. The Bertz CT molecular complexity index is 681. The number of rotatable bonds is 5. The van der Waals surface area contributed by atoms with Crippen molar-refractivity contribution in [1.29, 1.82) is 0 Å². The van der Waals surface area contributed by atoms with Gasteiger partial charge in [0.25, 0.3) is 0 Å². The van der Waals surface area contributed by atoms with Crippen LogP contribution in [0.5, 0.6) is 0 Å². The molecule has 0 radical (unpaired) electrons. The SMILES string of the molecule is O=C(O)CC1C(C(=O)O)NCC1c1ccc(=O)[nH]c1C(=O)O. The molecule has 1 aliphatic heterocycles. The van der Waals surface area contributed by atoms with Gasteiger partial charge in [-0.25, -0.2) is 4.79 Å². The third-order valence-corrected chi connectivity index (χ3v) is 3.74. The van der Waals surface area contributed by atoms with Crippen LogP contribution in [0.15, 0.2) is 16.9 Å². The molecule has 0 spiro atoms. The van der Waals surface area contributed by atoms with E-state index >= 15 is 0 Å². The van der Waals surface area contributed by atoms with Crippen molar-refractivity contribution >= 4 is 17.9 Å². The maximum Gasteiger partial charge on any atom is 0.352 e. The zero-order valence-corrected chi connectivity index (χ0v) is 11.3. The van der Waals surface area contributed by atoms with Crippen molar-refractivity contribution < 1.29 is 29.7 Å². The Labute approximate surface area is 123 Å². The normalized spacial score (nSPS) is 24.1. The molecule has 0 aliphatic carbocycles. The summed E-state index contributed by atoms with van der Waals surface area (Å²) in [6, 6.07) is 1.34. The van der Waals surface area contributed by atoms with Crippen molar-refractivity contribution in [2.24, 2.45) is 5.92 Å². The number of carbonyl (C=O) groups is 3. The van der Waals surface area contributed by atoms with Crippen molar-refractivity contribution in [2.75, 3.05) is 6.54 Å². The summed E-state index contributed by atoms with van der Waals surface area (Å²) in [6.45, 7) is 0.112. The Morgan fingerprint density at radius 2 is 1.86 bits per heavy atom. The number of aromatic nitrogens is 1. The highest BCUT2D eigenvalue weighted by atomic mass is 16.4. The Hall–Kier alpha value is -2.68. The first-order valence-corrected chi connectivity index (χ1v) is 6.45. The Kier molecular flexibility index (Phi) is 4.27. The second-order valence-corrected chi connectivity index (χ2v) is 5.05. The van der Waals surface area contributed by atoms with Crippen LogP contribution in [0.3, 0.4) is 0 Å². The van der Waals surface area contributed by atoms with Crippen LogP contribution in [0.1, 0.15) is 28.4 Å². The van der Waals surface area contributed by atoms with Crippen molar-refractivity contribution in [3.63, 3.8) is 0 Å². The van der Waals surface area contributed by atoms with E-state index in [0.717, 1.165) is 6.07 Å². The first kappa shape index (κ1) is 15.7. The maximum atomic E-state index is 11.3. The molecule has 1 aromatic rings. The standard InChI is InChI=1S/C13H14N2O7/c16-8-2-1-5(11(15-8)13(21)22)7-4-14-10(12(19)20)6(7)3-9(17)18/h1-2,6-7,10,14H,3-4H2,(H,15,16)(H,17,18)(H,19,20)(H,21,22). The molecule has 9 heteroatoms. The predicted octanol–water partition coefficient (Wildman–Crippen LogP) is -0.696.